The molecule has 1 aromatic carbocycles. The largest absolute Gasteiger partial charge is 0.396 e. The van der Waals surface area contributed by atoms with E-state index < -0.39 is 20.7 Å². The highest BCUT2D eigenvalue weighted by atomic mass is 35.5. The number of sulfonamides is 1. The molecular weight excluding hydrogens is 281 g/mol. The van der Waals surface area contributed by atoms with Crippen molar-refractivity contribution < 1.29 is 17.9 Å². The Labute approximate surface area is 111 Å². The van der Waals surface area contributed by atoms with Gasteiger partial charge in [0.2, 0.25) is 10.0 Å². The highest BCUT2D eigenvalue weighted by Crippen LogP contribution is 2.18. The molecule has 0 aliphatic heterocycles. The summed E-state index contributed by atoms with van der Waals surface area (Å²) >= 11 is 5.55. The zero-order valence-corrected chi connectivity index (χ0v) is 11.3. The molecule has 0 aliphatic rings. The molecule has 0 radical (unpaired) electrons. The Morgan fingerprint density at radius 1 is 1.28 bits per heavy atom. The molecule has 0 heterocycles. The summed E-state index contributed by atoms with van der Waals surface area (Å²) in [7, 11) is -3.84. The van der Waals surface area contributed by atoms with Gasteiger partial charge >= 0.3 is 0 Å². The molecule has 0 saturated heterocycles. The third kappa shape index (κ3) is 4.53. The van der Waals surface area contributed by atoms with E-state index in [1.807, 2.05) is 0 Å². The molecule has 4 nitrogen and oxygen atoms in total. The van der Waals surface area contributed by atoms with Crippen LogP contribution in [0.4, 0.5) is 4.39 Å². The summed E-state index contributed by atoms with van der Waals surface area (Å²) in [4.78, 5) is -0.408. The minimum atomic E-state index is -3.84. The monoisotopic (exact) mass is 295 g/mol. The van der Waals surface area contributed by atoms with Crippen molar-refractivity contribution >= 4 is 21.6 Å². The number of aliphatic hydroxyl groups is 1. The van der Waals surface area contributed by atoms with Crippen molar-refractivity contribution in [2.24, 2.45) is 0 Å². The summed E-state index contributed by atoms with van der Waals surface area (Å²) < 4.78 is 39.2. The van der Waals surface area contributed by atoms with Crippen molar-refractivity contribution in [2.75, 3.05) is 13.2 Å². The number of rotatable bonds is 7. The van der Waals surface area contributed by atoms with E-state index in [4.69, 9.17) is 16.7 Å². The van der Waals surface area contributed by atoms with Gasteiger partial charge in [0.15, 0.2) is 0 Å². The van der Waals surface area contributed by atoms with E-state index in [-0.39, 0.29) is 18.2 Å². The third-order valence-electron chi connectivity index (χ3n) is 2.31. The van der Waals surface area contributed by atoms with Crippen molar-refractivity contribution in [3.05, 3.63) is 29.0 Å². The maximum Gasteiger partial charge on any atom is 0.243 e. The van der Waals surface area contributed by atoms with Gasteiger partial charge in [-0.3, -0.25) is 0 Å². The fourth-order valence-corrected chi connectivity index (χ4v) is 2.68. The molecule has 0 fully saturated rings. The quantitative estimate of drug-likeness (QED) is 0.755. The van der Waals surface area contributed by atoms with Gasteiger partial charge in [0.05, 0.1) is 0 Å². The first-order chi connectivity index (χ1) is 8.47. The number of nitrogens with one attached hydrogen (secondary N) is 1. The molecule has 0 amide bonds. The minimum Gasteiger partial charge on any atom is -0.396 e. The van der Waals surface area contributed by atoms with Crippen molar-refractivity contribution in [2.45, 2.75) is 24.2 Å². The average molecular weight is 296 g/mol. The summed E-state index contributed by atoms with van der Waals surface area (Å²) in [6.45, 7) is 0.295. The molecule has 18 heavy (non-hydrogen) atoms. The van der Waals surface area contributed by atoms with E-state index in [0.29, 0.717) is 19.3 Å². The van der Waals surface area contributed by atoms with E-state index in [1.165, 1.54) is 6.07 Å². The lowest BCUT2D eigenvalue weighted by Crippen LogP contribution is -2.25. The molecular formula is C11H15ClFNO3S. The molecule has 7 heteroatoms. The first kappa shape index (κ1) is 15.4. The van der Waals surface area contributed by atoms with Gasteiger partial charge < -0.3 is 5.11 Å². The molecule has 0 unspecified atom stereocenters. The van der Waals surface area contributed by atoms with Crippen LogP contribution in [0.15, 0.2) is 23.1 Å². The Bertz CT molecular complexity index is 493. The smallest absolute Gasteiger partial charge is 0.243 e. The van der Waals surface area contributed by atoms with Crippen LogP contribution in [0.3, 0.4) is 0 Å². The van der Waals surface area contributed by atoms with Crippen LogP contribution in [-0.2, 0) is 10.0 Å². The van der Waals surface area contributed by atoms with E-state index in [0.717, 1.165) is 12.1 Å². The average Bonchev–Trinajstić information content (AvgIpc) is 2.28. The van der Waals surface area contributed by atoms with Crippen LogP contribution in [0.25, 0.3) is 0 Å². The van der Waals surface area contributed by atoms with Crippen LogP contribution in [0.5, 0.6) is 0 Å². The molecule has 102 valence electrons. The summed E-state index contributed by atoms with van der Waals surface area (Å²) in [5.74, 6) is -0.870. The second-order valence-corrected chi connectivity index (χ2v) is 5.93. The van der Waals surface area contributed by atoms with Gasteiger partial charge in [-0.2, -0.15) is 0 Å². The predicted octanol–water partition coefficient (Wildman–Crippen LogP) is 1.92. The van der Waals surface area contributed by atoms with Gasteiger partial charge in [0, 0.05) is 18.2 Å². The second-order valence-electron chi connectivity index (χ2n) is 3.76. The van der Waals surface area contributed by atoms with Gasteiger partial charge in [0.25, 0.3) is 0 Å². The molecule has 0 spiro atoms. The Kier molecular flexibility index (Phi) is 6.01. The van der Waals surface area contributed by atoms with Crippen molar-refractivity contribution in [1.29, 1.82) is 0 Å². The van der Waals surface area contributed by atoms with E-state index in [9.17, 15) is 12.8 Å². The van der Waals surface area contributed by atoms with Crippen molar-refractivity contribution in [1.82, 2.24) is 4.72 Å². The van der Waals surface area contributed by atoms with Crippen molar-refractivity contribution in [3.8, 4) is 0 Å². The standard InChI is InChI=1S/C11H15ClFNO3S/c12-9-4-5-11(10(13)8-9)18(16,17)14-6-2-1-3-7-15/h4-5,8,14-15H,1-3,6-7H2. The molecule has 2 N–H and O–H groups in total. The molecule has 1 aromatic rings. The Morgan fingerprint density at radius 2 is 2.00 bits per heavy atom. The zero-order chi connectivity index (χ0) is 13.6. The Hall–Kier alpha value is -0.690. The summed E-state index contributed by atoms with van der Waals surface area (Å²) in [6, 6.07) is 3.42. The molecule has 1 rings (SSSR count). The van der Waals surface area contributed by atoms with Gasteiger partial charge in [-0.25, -0.2) is 17.5 Å². The SMILES string of the molecule is O=S(=O)(NCCCCCO)c1ccc(Cl)cc1F. The molecule has 0 bridgehead atoms. The van der Waals surface area contributed by atoms with E-state index in [1.54, 1.807) is 0 Å². The first-order valence-electron chi connectivity index (χ1n) is 5.53. The summed E-state index contributed by atoms with van der Waals surface area (Å²) in [6.07, 6.45) is 1.92. The summed E-state index contributed by atoms with van der Waals surface area (Å²) in [5, 5.41) is 8.71. The van der Waals surface area contributed by atoms with Gasteiger partial charge in [0.1, 0.15) is 10.7 Å². The molecule has 0 atom stereocenters. The lowest BCUT2D eigenvalue weighted by atomic mass is 10.2. The van der Waals surface area contributed by atoms with Crippen LogP contribution in [0.2, 0.25) is 5.02 Å². The Balaban J connectivity index is 2.63. The number of aliphatic hydroxyl groups excluding tert-OH is 1. The maximum atomic E-state index is 13.4. The normalized spacial score (nSPS) is 11.7. The topological polar surface area (TPSA) is 66.4 Å². The number of halogens is 2. The molecule has 0 saturated carbocycles. The van der Waals surface area contributed by atoms with E-state index >= 15 is 0 Å². The van der Waals surface area contributed by atoms with Crippen molar-refractivity contribution in [3.63, 3.8) is 0 Å². The number of hydrogen-bond donors (Lipinski definition) is 2. The van der Waals surface area contributed by atoms with Gasteiger partial charge in [-0.15, -0.1) is 0 Å². The molecule has 0 aromatic heterocycles. The zero-order valence-electron chi connectivity index (χ0n) is 9.70. The number of unbranched alkanes of at least 4 members (excludes halogenated alkanes) is 2. The second kappa shape index (κ2) is 7.04. The lowest BCUT2D eigenvalue weighted by molar-refractivity contribution is 0.283. The van der Waals surface area contributed by atoms with Gasteiger partial charge in [-0.05, 0) is 37.5 Å². The minimum absolute atomic E-state index is 0.0819. The fraction of sp³-hybridized carbons (Fsp3) is 0.455. The lowest BCUT2D eigenvalue weighted by Gasteiger charge is -2.07. The maximum absolute atomic E-state index is 13.4. The summed E-state index contributed by atoms with van der Waals surface area (Å²) in [5.41, 5.74) is 0. The number of benzene rings is 1. The van der Waals surface area contributed by atoms with Crippen LogP contribution in [-0.4, -0.2) is 26.7 Å². The van der Waals surface area contributed by atoms with Gasteiger partial charge in [-0.1, -0.05) is 11.6 Å². The third-order valence-corrected chi connectivity index (χ3v) is 4.04. The van der Waals surface area contributed by atoms with Crippen LogP contribution in [0, 0.1) is 5.82 Å². The van der Waals surface area contributed by atoms with Crippen LogP contribution >= 0.6 is 11.6 Å². The molecule has 0 aliphatic carbocycles. The highest BCUT2D eigenvalue weighted by Gasteiger charge is 2.18. The van der Waals surface area contributed by atoms with Crippen LogP contribution < -0.4 is 4.72 Å². The highest BCUT2D eigenvalue weighted by molar-refractivity contribution is 7.89. The first-order valence-corrected chi connectivity index (χ1v) is 7.39. The number of hydrogen-bond acceptors (Lipinski definition) is 3. The van der Waals surface area contributed by atoms with Crippen LogP contribution in [0.1, 0.15) is 19.3 Å². The fourth-order valence-electron chi connectivity index (χ4n) is 1.39. The van der Waals surface area contributed by atoms with E-state index in [2.05, 4.69) is 4.72 Å². The Morgan fingerprint density at radius 3 is 2.61 bits per heavy atom. The predicted molar refractivity (Wildman–Crippen MR) is 67.5 cm³/mol.